The summed E-state index contributed by atoms with van der Waals surface area (Å²) in [6, 6.07) is 10.3. The fourth-order valence-electron chi connectivity index (χ4n) is 1.50. The van der Waals surface area contributed by atoms with Crippen molar-refractivity contribution in [2.45, 2.75) is 13.8 Å². The van der Waals surface area contributed by atoms with Crippen LogP contribution in [-0.2, 0) is 0 Å². The minimum absolute atomic E-state index is 0.138. The lowest BCUT2D eigenvalue weighted by atomic mass is 10.1. The van der Waals surface area contributed by atoms with E-state index in [9.17, 15) is 4.79 Å². The Labute approximate surface area is 93.4 Å². The summed E-state index contributed by atoms with van der Waals surface area (Å²) in [5.74, 6) is 0.138. The molecule has 0 atom stereocenters. The third-order valence-electron chi connectivity index (χ3n) is 2.30. The largest absolute Gasteiger partial charge is 0.294 e. The van der Waals surface area contributed by atoms with Crippen LogP contribution in [0.25, 0.3) is 11.1 Å². The average Bonchev–Trinajstić information content (AvgIpc) is 2.66. The van der Waals surface area contributed by atoms with Crippen LogP contribution in [0.3, 0.4) is 0 Å². The fraction of sp³-hybridized carbons (Fsp3) is 0.154. The first-order valence-electron chi connectivity index (χ1n) is 4.83. The second-order valence-corrected chi connectivity index (χ2v) is 4.54. The topological polar surface area (TPSA) is 17.1 Å². The molecule has 1 aromatic heterocycles. The normalized spacial score (nSPS) is 10.3. The standard InChI is InChI=1S/C13H12OS/c1-9-4-3-5-11(6-9)12-7-13(10(2)14)15-8-12/h3-8H,1-2H3. The Balaban J connectivity index is 2.41. The molecule has 0 amide bonds. The molecule has 2 rings (SSSR count). The summed E-state index contributed by atoms with van der Waals surface area (Å²) in [4.78, 5) is 12.0. The van der Waals surface area contributed by atoms with Crippen molar-refractivity contribution >= 4 is 17.1 Å². The Hall–Kier alpha value is -1.41. The van der Waals surface area contributed by atoms with Crippen LogP contribution in [-0.4, -0.2) is 5.78 Å². The average molecular weight is 216 g/mol. The van der Waals surface area contributed by atoms with E-state index in [0.29, 0.717) is 0 Å². The summed E-state index contributed by atoms with van der Waals surface area (Å²) in [6.45, 7) is 3.67. The van der Waals surface area contributed by atoms with Crippen molar-refractivity contribution in [1.29, 1.82) is 0 Å². The molecule has 1 heterocycles. The molecule has 0 saturated carbocycles. The maximum absolute atomic E-state index is 11.2. The van der Waals surface area contributed by atoms with E-state index in [2.05, 4.69) is 25.1 Å². The van der Waals surface area contributed by atoms with Crippen molar-refractivity contribution in [1.82, 2.24) is 0 Å². The zero-order valence-electron chi connectivity index (χ0n) is 8.78. The minimum Gasteiger partial charge on any atom is -0.294 e. The molecule has 15 heavy (non-hydrogen) atoms. The van der Waals surface area contributed by atoms with Crippen LogP contribution in [0.4, 0.5) is 0 Å². The lowest BCUT2D eigenvalue weighted by Crippen LogP contribution is -1.84. The number of Topliss-reactive ketones (excluding diaryl/α,β-unsaturated/α-hetero) is 1. The monoisotopic (exact) mass is 216 g/mol. The second kappa shape index (κ2) is 3.99. The number of hydrogen-bond donors (Lipinski definition) is 0. The highest BCUT2D eigenvalue weighted by Gasteiger charge is 2.05. The van der Waals surface area contributed by atoms with Gasteiger partial charge in [0.2, 0.25) is 0 Å². The van der Waals surface area contributed by atoms with Crippen LogP contribution in [0.2, 0.25) is 0 Å². The SMILES string of the molecule is CC(=O)c1cc(-c2cccc(C)c2)cs1. The summed E-state index contributed by atoms with van der Waals surface area (Å²) in [6.07, 6.45) is 0. The van der Waals surface area contributed by atoms with E-state index in [1.807, 2.05) is 17.5 Å². The second-order valence-electron chi connectivity index (χ2n) is 3.63. The van der Waals surface area contributed by atoms with E-state index in [1.54, 1.807) is 6.92 Å². The molecule has 0 fully saturated rings. The highest BCUT2D eigenvalue weighted by atomic mass is 32.1. The highest BCUT2D eigenvalue weighted by molar-refractivity contribution is 7.12. The van der Waals surface area contributed by atoms with Gasteiger partial charge in [-0.05, 0) is 36.4 Å². The molecule has 0 saturated heterocycles. The molecule has 0 radical (unpaired) electrons. The molecule has 1 nitrogen and oxygen atoms in total. The number of thiophene rings is 1. The third kappa shape index (κ3) is 2.16. The molecule has 0 unspecified atom stereocenters. The van der Waals surface area contributed by atoms with E-state index < -0.39 is 0 Å². The molecule has 2 aromatic rings. The number of ketones is 1. The summed E-state index contributed by atoms with van der Waals surface area (Å²) >= 11 is 1.51. The van der Waals surface area contributed by atoms with Gasteiger partial charge >= 0.3 is 0 Å². The van der Waals surface area contributed by atoms with Gasteiger partial charge in [0.25, 0.3) is 0 Å². The van der Waals surface area contributed by atoms with Crippen LogP contribution in [0.1, 0.15) is 22.2 Å². The lowest BCUT2D eigenvalue weighted by molar-refractivity contribution is 0.102. The zero-order chi connectivity index (χ0) is 10.8. The number of hydrogen-bond acceptors (Lipinski definition) is 2. The van der Waals surface area contributed by atoms with Gasteiger partial charge in [0.05, 0.1) is 4.88 Å². The molecular weight excluding hydrogens is 204 g/mol. The number of carbonyl (C=O) groups excluding carboxylic acids is 1. The summed E-state index contributed by atoms with van der Waals surface area (Å²) in [5.41, 5.74) is 3.55. The quantitative estimate of drug-likeness (QED) is 0.695. The van der Waals surface area contributed by atoms with Crippen molar-refractivity contribution < 1.29 is 4.79 Å². The molecule has 0 aliphatic carbocycles. The predicted octanol–water partition coefficient (Wildman–Crippen LogP) is 3.93. The first kappa shape index (κ1) is 10.1. The first-order chi connectivity index (χ1) is 7.16. The highest BCUT2D eigenvalue weighted by Crippen LogP contribution is 2.26. The molecule has 0 N–H and O–H groups in total. The Morgan fingerprint density at radius 1 is 1.20 bits per heavy atom. The van der Waals surface area contributed by atoms with Gasteiger partial charge in [-0.3, -0.25) is 4.79 Å². The molecular formula is C13H12OS. The van der Waals surface area contributed by atoms with Crippen LogP contribution in [0, 0.1) is 6.92 Å². The van der Waals surface area contributed by atoms with Gasteiger partial charge in [-0.2, -0.15) is 0 Å². The van der Waals surface area contributed by atoms with Gasteiger partial charge < -0.3 is 0 Å². The van der Waals surface area contributed by atoms with E-state index >= 15 is 0 Å². The van der Waals surface area contributed by atoms with Crippen molar-refractivity contribution in [3.8, 4) is 11.1 Å². The lowest BCUT2D eigenvalue weighted by Gasteiger charge is -1.98. The Kier molecular flexibility index (Phi) is 2.69. The molecule has 0 spiro atoms. The van der Waals surface area contributed by atoms with E-state index in [-0.39, 0.29) is 5.78 Å². The number of rotatable bonds is 2. The molecule has 2 heteroatoms. The molecule has 76 valence electrons. The summed E-state index contributed by atoms with van der Waals surface area (Å²) in [5, 5.41) is 2.03. The Morgan fingerprint density at radius 3 is 2.60 bits per heavy atom. The van der Waals surface area contributed by atoms with Crippen LogP contribution in [0.5, 0.6) is 0 Å². The van der Waals surface area contributed by atoms with Gasteiger partial charge in [0.15, 0.2) is 5.78 Å². The Morgan fingerprint density at radius 2 is 2.00 bits per heavy atom. The fourth-order valence-corrected chi connectivity index (χ4v) is 2.32. The number of aryl methyl sites for hydroxylation is 1. The maximum atomic E-state index is 11.2. The molecule has 0 aliphatic rings. The number of carbonyl (C=O) groups is 1. The summed E-state index contributed by atoms with van der Waals surface area (Å²) < 4.78 is 0. The number of benzene rings is 1. The van der Waals surface area contributed by atoms with Crippen LogP contribution in [0.15, 0.2) is 35.7 Å². The van der Waals surface area contributed by atoms with Gasteiger partial charge in [-0.25, -0.2) is 0 Å². The summed E-state index contributed by atoms with van der Waals surface area (Å²) in [7, 11) is 0. The van der Waals surface area contributed by atoms with E-state index in [1.165, 1.54) is 22.5 Å². The van der Waals surface area contributed by atoms with Crippen molar-refractivity contribution in [2.75, 3.05) is 0 Å². The Bertz CT molecular complexity index is 497. The molecule has 1 aromatic carbocycles. The van der Waals surface area contributed by atoms with Gasteiger partial charge in [0, 0.05) is 0 Å². The minimum atomic E-state index is 0.138. The predicted molar refractivity (Wildman–Crippen MR) is 64.5 cm³/mol. The van der Waals surface area contributed by atoms with E-state index in [4.69, 9.17) is 0 Å². The van der Waals surface area contributed by atoms with Gasteiger partial charge in [-0.15, -0.1) is 11.3 Å². The third-order valence-corrected chi connectivity index (χ3v) is 3.33. The van der Waals surface area contributed by atoms with Crippen LogP contribution >= 0.6 is 11.3 Å². The smallest absolute Gasteiger partial charge is 0.169 e. The van der Waals surface area contributed by atoms with Gasteiger partial charge in [-0.1, -0.05) is 29.8 Å². The van der Waals surface area contributed by atoms with E-state index in [0.717, 1.165) is 10.4 Å². The van der Waals surface area contributed by atoms with Crippen LogP contribution < -0.4 is 0 Å². The maximum Gasteiger partial charge on any atom is 0.169 e. The molecule has 0 aliphatic heterocycles. The van der Waals surface area contributed by atoms with Crippen molar-refractivity contribution in [2.24, 2.45) is 0 Å². The van der Waals surface area contributed by atoms with Crippen molar-refractivity contribution in [3.63, 3.8) is 0 Å². The van der Waals surface area contributed by atoms with Gasteiger partial charge in [0.1, 0.15) is 0 Å². The first-order valence-corrected chi connectivity index (χ1v) is 5.71. The zero-order valence-corrected chi connectivity index (χ0v) is 9.60. The van der Waals surface area contributed by atoms with Crippen molar-refractivity contribution in [3.05, 3.63) is 46.2 Å². The molecule has 0 bridgehead atoms.